The molecule has 2 N–H and O–H groups in total. The van der Waals surface area contributed by atoms with Gasteiger partial charge in [-0.3, -0.25) is 9.78 Å². The number of hydrogen-bond acceptors (Lipinski definition) is 8. The zero-order valence-corrected chi connectivity index (χ0v) is 23.4. The fraction of sp³-hybridized carbons (Fsp3) is 0.517. The smallest absolute Gasteiger partial charge is 0.246 e. The van der Waals surface area contributed by atoms with E-state index in [1.165, 1.54) is 12.7 Å². The monoisotopic (exact) mass is 521 g/mol. The maximum atomic E-state index is 12.5. The number of aromatic nitrogens is 3. The van der Waals surface area contributed by atoms with Gasteiger partial charge in [0.15, 0.2) is 0 Å². The zero-order valence-electron chi connectivity index (χ0n) is 23.4. The highest BCUT2D eigenvalue weighted by Crippen LogP contribution is 2.50. The van der Waals surface area contributed by atoms with Crippen LogP contribution < -0.4 is 5.32 Å². The van der Waals surface area contributed by atoms with Gasteiger partial charge < -0.3 is 24.6 Å². The molecule has 0 spiro atoms. The van der Waals surface area contributed by atoms with Crippen LogP contribution in [0, 0.1) is 5.41 Å². The van der Waals surface area contributed by atoms with Crippen LogP contribution in [0.25, 0.3) is 11.4 Å². The molecule has 2 aromatic heterocycles. The molecule has 1 aliphatic rings. The quantitative estimate of drug-likeness (QED) is 0.417. The van der Waals surface area contributed by atoms with Crippen molar-refractivity contribution < 1.29 is 19.2 Å². The minimum atomic E-state index is -1.27. The van der Waals surface area contributed by atoms with Crippen LogP contribution in [0.5, 0.6) is 0 Å². The van der Waals surface area contributed by atoms with Crippen molar-refractivity contribution in [1.82, 2.24) is 25.3 Å². The van der Waals surface area contributed by atoms with Crippen LogP contribution in [-0.4, -0.2) is 70.4 Å². The highest BCUT2D eigenvalue weighted by molar-refractivity contribution is 5.77. The van der Waals surface area contributed by atoms with E-state index in [2.05, 4.69) is 65.3 Å². The number of carbonyl (C=O) groups is 1. The van der Waals surface area contributed by atoms with E-state index in [0.29, 0.717) is 35.2 Å². The third-order valence-electron chi connectivity index (χ3n) is 7.34. The Morgan fingerprint density at radius 1 is 1.21 bits per heavy atom. The minimum Gasteiger partial charge on any atom is -0.380 e. The maximum Gasteiger partial charge on any atom is 0.246 e. The summed E-state index contributed by atoms with van der Waals surface area (Å²) in [5.74, 6) is 0.949. The van der Waals surface area contributed by atoms with E-state index in [1.807, 2.05) is 32.0 Å². The summed E-state index contributed by atoms with van der Waals surface area (Å²) >= 11 is 0. The summed E-state index contributed by atoms with van der Waals surface area (Å²) < 4.78 is 10.4. The average molecular weight is 522 g/mol. The molecule has 1 aromatic carbocycles. The molecular formula is C29H39N5O4. The van der Waals surface area contributed by atoms with Crippen molar-refractivity contribution in [2.45, 2.75) is 58.1 Å². The molecule has 0 bridgehead atoms. The Morgan fingerprint density at radius 3 is 2.50 bits per heavy atom. The number of pyridine rings is 1. The van der Waals surface area contributed by atoms with Crippen LogP contribution in [0.15, 0.2) is 47.2 Å². The van der Waals surface area contributed by atoms with Gasteiger partial charge in [-0.2, -0.15) is 4.98 Å². The van der Waals surface area contributed by atoms with E-state index in [9.17, 15) is 9.90 Å². The summed E-state index contributed by atoms with van der Waals surface area (Å²) in [5.41, 5.74) is 1.10. The van der Waals surface area contributed by atoms with Gasteiger partial charge >= 0.3 is 0 Å². The second-order valence-corrected chi connectivity index (χ2v) is 11.7. The Bertz CT molecular complexity index is 1260. The molecule has 1 amide bonds. The van der Waals surface area contributed by atoms with Crippen molar-refractivity contribution in [3.63, 3.8) is 0 Å². The summed E-state index contributed by atoms with van der Waals surface area (Å²) in [6.07, 6.45) is 3.74. The number of rotatable bonds is 10. The lowest BCUT2D eigenvalue weighted by atomic mass is 9.62. The van der Waals surface area contributed by atoms with Crippen molar-refractivity contribution in [2.75, 3.05) is 33.9 Å². The Hall–Kier alpha value is -3.14. The van der Waals surface area contributed by atoms with Crippen molar-refractivity contribution in [3.05, 3.63) is 65.3 Å². The van der Waals surface area contributed by atoms with E-state index in [4.69, 9.17) is 9.26 Å². The lowest BCUT2D eigenvalue weighted by Crippen LogP contribution is -2.63. The van der Waals surface area contributed by atoms with Gasteiger partial charge in [-0.05, 0) is 44.0 Å². The summed E-state index contributed by atoms with van der Waals surface area (Å²) in [5, 5.41) is 19.5. The highest BCUT2D eigenvalue weighted by atomic mass is 16.5. The fourth-order valence-electron chi connectivity index (χ4n) is 5.52. The molecular weight excluding hydrogens is 482 g/mol. The Kier molecular flexibility index (Phi) is 7.74. The second-order valence-electron chi connectivity index (χ2n) is 11.7. The van der Waals surface area contributed by atoms with Crippen molar-refractivity contribution in [3.8, 4) is 11.4 Å². The number of hydrogen-bond donors (Lipinski definition) is 2. The van der Waals surface area contributed by atoms with Crippen LogP contribution in [0.1, 0.15) is 63.1 Å². The van der Waals surface area contributed by atoms with Gasteiger partial charge in [0.25, 0.3) is 0 Å². The number of ether oxygens (including phenoxy) is 1. The number of benzene rings is 1. The maximum absolute atomic E-state index is 12.5. The molecule has 0 unspecified atom stereocenters. The summed E-state index contributed by atoms with van der Waals surface area (Å²) in [7, 11) is 3.53. The van der Waals surface area contributed by atoms with E-state index < -0.39 is 16.6 Å². The van der Waals surface area contributed by atoms with Crippen molar-refractivity contribution in [1.29, 1.82) is 0 Å². The molecule has 1 saturated heterocycles. The molecule has 1 aliphatic heterocycles. The fourth-order valence-corrected chi connectivity index (χ4v) is 5.52. The number of amides is 1. The van der Waals surface area contributed by atoms with Gasteiger partial charge in [0, 0.05) is 61.1 Å². The first-order valence-corrected chi connectivity index (χ1v) is 13.0. The SMILES string of the molecule is COCC(=O)NC(C)(C)Cc1nc(-c2cncc([C@@](O)(c3ccc(C(C)C)cc3)C3(C)CN(C)C3)c2)no1. The molecule has 9 nitrogen and oxygen atoms in total. The largest absolute Gasteiger partial charge is 0.380 e. The molecule has 0 saturated carbocycles. The number of nitrogens with zero attached hydrogens (tertiary/aromatic N) is 4. The Balaban J connectivity index is 1.65. The number of methoxy groups -OCH3 is 1. The predicted octanol–water partition coefficient (Wildman–Crippen LogP) is 3.53. The van der Waals surface area contributed by atoms with E-state index in [-0.39, 0.29) is 12.5 Å². The summed E-state index contributed by atoms with van der Waals surface area (Å²) in [4.78, 5) is 23.2. The summed E-state index contributed by atoms with van der Waals surface area (Å²) in [6, 6.07) is 10.1. The van der Waals surface area contributed by atoms with Gasteiger partial charge in [-0.1, -0.05) is 50.2 Å². The Morgan fingerprint density at radius 2 is 1.89 bits per heavy atom. The molecule has 0 radical (unpaired) electrons. The van der Waals surface area contributed by atoms with Gasteiger partial charge in [-0.25, -0.2) is 0 Å². The first-order chi connectivity index (χ1) is 17.9. The number of aliphatic hydroxyl groups is 1. The third kappa shape index (κ3) is 5.50. The summed E-state index contributed by atoms with van der Waals surface area (Å²) in [6.45, 7) is 11.7. The van der Waals surface area contributed by atoms with E-state index >= 15 is 0 Å². The first-order valence-electron chi connectivity index (χ1n) is 13.0. The van der Waals surface area contributed by atoms with E-state index in [0.717, 1.165) is 18.7 Å². The number of nitrogens with one attached hydrogen (secondary N) is 1. The molecule has 9 heteroatoms. The lowest BCUT2D eigenvalue weighted by Gasteiger charge is -2.55. The van der Waals surface area contributed by atoms with Crippen LogP contribution >= 0.6 is 0 Å². The normalized spacial score (nSPS) is 17.2. The predicted molar refractivity (Wildman–Crippen MR) is 144 cm³/mol. The zero-order chi connectivity index (χ0) is 27.7. The average Bonchev–Trinajstić information content (AvgIpc) is 3.30. The molecule has 38 heavy (non-hydrogen) atoms. The molecule has 3 aromatic rings. The molecule has 4 rings (SSSR count). The molecule has 1 fully saturated rings. The van der Waals surface area contributed by atoms with Gasteiger partial charge in [0.05, 0.1) is 0 Å². The molecule has 3 heterocycles. The Labute approximate surface area is 224 Å². The standard InChI is InChI=1S/C29H39N5O4/c1-19(2)20-8-10-22(11-9-20)29(36,28(5)17-34(6)18-28)23-12-21(14-30-15-23)26-31-25(38-33-26)13-27(3,4)32-24(35)16-37-7/h8-12,14-15,19,36H,13,16-18H2,1-7H3,(H,32,35)/t29-/m0/s1. The molecule has 1 atom stereocenters. The number of carbonyl (C=O) groups excluding carboxylic acids is 1. The third-order valence-corrected chi connectivity index (χ3v) is 7.34. The van der Waals surface area contributed by atoms with Crippen molar-refractivity contribution >= 4 is 5.91 Å². The van der Waals surface area contributed by atoms with Crippen LogP contribution in [-0.2, 0) is 21.6 Å². The van der Waals surface area contributed by atoms with Gasteiger partial charge in [0.2, 0.25) is 17.6 Å². The van der Waals surface area contributed by atoms with Gasteiger partial charge in [0.1, 0.15) is 12.2 Å². The van der Waals surface area contributed by atoms with Gasteiger partial charge in [-0.15, -0.1) is 0 Å². The highest BCUT2D eigenvalue weighted by Gasteiger charge is 2.55. The van der Waals surface area contributed by atoms with Crippen molar-refractivity contribution in [2.24, 2.45) is 5.41 Å². The second kappa shape index (κ2) is 10.6. The first kappa shape index (κ1) is 27.9. The number of likely N-dealkylation sites (tertiary alicyclic amines) is 1. The van der Waals surface area contributed by atoms with E-state index in [1.54, 1.807) is 12.4 Å². The molecule has 204 valence electrons. The minimum absolute atomic E-state index is 0.0191. The van der Waals surface area contributed by atoms with Crippen LogP contribution in [0.2, 0.25) is 0 Å². The lowest BCUT2D eigenvalue weighted by molar-refractivity contribution is -0.127. The van der Waals surface area contributed by atoms with Crippen LogP contribution in [0.4, 0.5) is 0 Å². The molecule has 0 aliphatic carbocycles. The topological polar surface area (TPSA) is 114 Å². The van der Waals surface area contributed by atoms with Crippen LogP contribution in [0.3, 0.4) is 0 Å².